The highest BCUT2D eigenvalue weighted by atomic mass is 32.2. The van der Waals surface area contributed by atoms with E-state index in [0.717, 1.165) is 5.41 Å². The smallest absolute Gasteiger partial charge is 0.282 e. The zero-order valence-corrected chi connectivity index (χ0v) is 6.13. The van der Waals surface area contributed by atoms with Gasteiger partial charge in [0.05, 0.1) is 5.41 Å². The molecule has 1 N–H and O–H groups in total. The molecule has 0 aromatic rings. The van der Waals surface area contributed by atoms with Gasteiger partial charge in [0.15, 0.2) is 0 Å². The molecule has 3 nitrogen and oxygen atoms in total. The molecule has 0 aliphatic carbocycles. The van der Waals surface area contributed by atoms with Gasteiger partial charge in [-0.1, -0.05) is 6.08 Å². The average Bonchev–Trinajstić information content (AvgIpc) is 1.78. The van der Waals surface area contributed by atoms with E-state index in [0.29, 0.717) is 12.8 Å². The van der Waals surface area contributed by atoms with Gasteiger partial charge >= 0.3 is 0 Å². The van der Waals surface area contributed by atoms with Crippen molar-refractivity contribution in [2.75, 3.05) is 0 Å². The Bertz CT molecular complexity index is 243. The second kappa shape index (κ2) is 4.09. The lowest BCUT2D eigenvalue weighted by molar-refractivity contribution is 0.494. The van der Waals surface area contributed by atoms with Gasteiger partial charge in [-0.2, -0.15) is 8.42 Å². The Morgan fingerprint density at radius 2 is 2.20 bits per heavy atom. The van der Waals surface area contributed by atoms with Crippen LogP contribution in [0.2, 0.25) is 0 Å². The fourth-order valence-corrected chi connectivity index (χ4v) is 0.736. The van der Waals surface area contributed by atoms with Gasteiger partial charge in [-0.3, -0.25) is 4.55 Å². The molecular formula is C6H8O3S. The van der Waals surface area contributed by atoms with E-state index >= 15 is 0 Å². The maximum Gasteiger partial charge on any atom is 0.287 e. The van der Waals surface area contributed by atoms with Crippen LogP contribution in [-0.2, 0) is 10.1 Å². The number of terminal acetylenes is 1. The van der Waals surface area contributed by atoms with Crippen LogP contribution in [0.4, 0.5) is 0 Å². The van der Waals surface area contributed by atoms with E-state index in [1.807, 2.05) is 0 Å². The first-order valence-electron chi connectivity index (χ1n) is 2.64. The normalized spacial score (nSPS) is 11.6. The van der Waals surface area contributed by atoms with Crippen LogP contribution in [0.3, 0.4) is 0 Å². The van der Waals surface area contributed by atoms with Crippen LogP contribution in [-0.4, -0.2) is 13.0 Å². The molecule has 0 aliphatic heterocycles. The summed E-state index contributed by atoms with van der Waals surface area (Å²) in [6, 6.07) is 0. The zero-order chi connectivity index (χ0) is 8.04. The van der Waals surface area contributed by atoms with Crippen molar-refractivity contribution in [1.82, 2.24) is 0 Å². The Hall–Kier alpha value is -0.790. The van der Waals surface area contributed by atoms with Gasteiger partial charge in [-0.15, -0.1) is 12.3 Å². The summed E-state index contributed by atoms with van der Waals surface area (Å²) in [7, 11) is -3.95. The van der Waals surface area contributed by atoms with Crippen LogP contribution in [0.15, 0.2) is 11.5 Å². The summed E-state index contributed by atoms with van der Waals surface area (Å²) in [5.74, 6) is 2.33. The standard InChI is InChI=1S/C6H8O3S/c1-2-3-4-5-6-10(7,8)9/h1,5-6H,3-4H2,(H,7,8,9). The number of allylic oxidation sites excluding steroid dienone is 1. The van der Waals surface area contributed by atoms with Gasteiger partial charge in [-0.25, -0.2) is 0 Å². The number of unbranched alkanes of at least 4 members (excludes halogenated alkanes) is 1. The quantitative estimate of drug-likeness (QED) is 0.377. The third-order valence-corrected chi connectivity index (χ3v) is 1.26. The predicted molar refractivity (Wildman–Crippen MR) is 38.8 cm³/mol. The maximum absolute atomic E-state index is 10.0. The van der Waals surface area contributed by atoms with Crippen LogP contribution in [0.5, 0.6) is 0 Å². The van der Waals surface area contributed by atoms with E-state index in [2.05, 4.69) is 5.92 Å². The van der Waals surface area contributed by atoms with Crippen LogP contribution < -0.4 is 0 Å². The van der Waals surface area contributed by atoms with Crippen LogP contribution in [0, 0.1) is 12.3 Å². The number of hydrogen-bond donors (Lipinski definition) is 1. The number of hydrogen-bond acceptors (Lipinski definition) is 2. The van der Waals surface area contributed by atoms with Crippen molar-refractivity contribution in [3.8, 4) is 12.3 Å². The second-order valence-electron chi connectivity index (χ2n) is 1.63. The molecule has 0 saturated carbocycles. The van der Waals surface area contributed by atoms with Crippen molar-refractivity contribution in [2.45, 2.75) is 12.8 Å². The van der Waals surface area contributed by atoms with E-state index in [1.54, 1.807) is 0 Å². The van der Waals surface area contributed by atoms with Crippen LogP contribution in [0.1, 0.15) is 12.8 Å². The molecule has 0 radical (unpaired) electrons. The average molecular weight is 160 g/mol. The topological polar surface area (TPSA) is 54.4 Å². The van der Waals surface area contributed by atoms with Crippen LogP contribution in [0.25, 0.3) is 0 Å². The SMILES string of the molecule is C#CCCC=CS(=O)(=O)O. The summed E-state index contributed by atoms with van der Waals surface area (Å²) < 4.78 is 28.2. The highest BCUT2D eigenvalue weighted by Gasteiger charge is 1.92. The lowest BCUT2D eigenvalue weighted by Crippen LogP contribution is -1.88. The van der Waals surface area contributed by atoms with Crippen molar-refractivity contribution >= 4 is 10.1 Å². The Balaban J connectivity index is 3.71. The van der Waals surface area contributed by atoms with Crippen molar-refractivity contribution in [1.29, 1.82) is 0 Å². The molecule has 0 rings (SSSR count). The Kier molecular flexibility index (Phi) is 3.77. The first kappa shape index (κ1) is 9.21. The Morgan fingerprint density at radius 3 is 2.60 bits per heavy atom. The molecule has 0 aliphatic rings. The molecule has 0 saturated heterocycles. The molecule has 0 fully saturated rings. The van der Waals surface area contributed by atoms with Gasteiger partial charge in [-0.05, 0) is 6.42 Å². The summed E-state index contributed by atoms with van der Waals surface area (Å²) in [4.78, 5) is 0. The Labute approximate surface area is 60.5 Å². The Morgan fingerprint density at radius 1 is 1.60 bits per heavy atom. The van der Waals surface area contributed by atoms with Gasteiger partial charge < -0.3 is 0 Å². The third kappa shape index (κ3) is 7.21. The molecule has 0 aromatic heterocycles. The first-order valence-corrected chi connectivity index (χ1v) is 4.14. The molecule has 10 heavy (non-hydrogen) atoms. The van der Waals surface area contributed by atoms with E-state index in [9.17, 15) is 8.42 Å². The minimum absolute atomic E-state index is 0.469. The van der Waals surface area contributed by atoms with Gasteiger partial charge in [0.1, 0.15) is 0 Å². The van der Waals surface area contributed by atoms with E-state index in [-0.39, 0.29) is 0 Å². The summed E-state index contributed by atoms with van der Waals surface area (Å²) in [6.45, 7) is 0. The maximum atomic E-state index is 10.0. The van der Waals surface area contributed by atoms with E-state index in [4.69, 9.17) is 11.0 Å². The molecule has 0 unspecified atom stereocenters. The van der Waals surface area contributed by atoms with Crippen molar-refractivity contribution in [3.63, 3.8) is 0 Å². The molecular weight excluding hydrogens is 152 g/mol. The van der Waals surface area contributed by atoms with Crippen molar-refractivity contribution in [3.05, 3.63) is 11.5 Å². The third-order valence-electron chi connectivity index (χ3n) is 0.724. The number of rotatable bonds is 3. The fraction of sp³-hybridized carbons (Fsp3) is 0.333. The molecule has 56 valence electrons. The highest BCUT2D eigenvalue weighted by molar-refractivity contribution is 7.88. The van der Waals surface area contributed by atoms with Crippen LogP contribution >= 0.6 is 0 Å². The summed E-state index contributed by atoms with van der Waals surface area (Å²) >= 11 is 0. The monoisotopic (exact) mass is 160 g/mol. The molecule has 0 amide bonds. The zero-order valence-electron chi connectivity index (χ0n) is 5.32. The highest BCUT2D eigenvalue weighted by Crippen LogP contribution is 1.91. The molecule has 0 spiro atoms. The van der Waals surface area contributed by atoms with Gasteiger partial charge in [0, 0.05) is 6.42 Å². The fourth-order valence-electron chi connectivity index (χ4n) is 0.356. The minimum atomic E-state index is -3.95. The first-order chi connectivity index (χ1) is 4.56. The lowest BCUT2D eigenvalue weighted by Gasteiger charge is -1.82. The van der Waals surface area contributed by atoms with Gasteiger partial charge in [0.2, 0.25) is 0 Å². The van der Waals surface area contributed by atoms with Gasteiger partial charge in [0.25, 0.3) is 10.1 Å². The minimum Gasteiger partial charge on any atom is -0.282 e. The lowest BCUT2D eigenvalue weighted by atomic mass is 10.3. The molecule has 0 aromatic carbocycles. The molecule has 0 atom stereocenters. The summed E-state index contributed by atoms with van der Waals surface area (Å²) in [5.41, 5.74) is 0. The molecule has 0 heterocycles. The predicted octanol–water partition coefficient (Wildman–Crippen LogP) is 0.801. The van der Waals surface area contributed by atoms with Crippen molar-refractivity contribution < 1.29 is 13.0 Å². The van der Waals surface area contributed by atoms with E-state index in [1.165, 1.54) is 6.08 Å². The summed E-state index contributed by atoms with van der Waals surface area (Å²) in [6.07, 6.45) is 7.14. The molecule has 4 heteroatoms. The largest absolute Gasteiger partial charge is 0.287 e. The molecule has 0 bridgehead atoms. The second-order valence-corrected chi connectivity index (χ2v) is 2.93. The summed E-state index contributed by atoms with van der Waals surface area (Å²) in [5, 5.41) is 0.727. The van der Waals surface area contributed by atoms with E-state index < -0.39 is 10.1 Å². The van der Waals surface area contributed by atoms with Crippen molar-refractivity contribution in [2.24, 2.45) is 0 Å².